The normalized spacial score (nSPS) is 16.1. The first-order valence-corrected chi connectivity index (χ1v) is 23.6. The number of nitrogens with zero attached hydrogens (tertiary/aromatic N) is 5. The predicted molar refractivity (Wildman–Crippen MR) is 257 cm³/mol. The zero-order valence-corrected chi connectivity index (χ0v) is 40.1. The molecule has 17 heteroatoms. The fourth-order valence-corrected chi connectivity index (χ4v) is 9.29. The minimum absolute atomic E-state index is 0.187. The number of likely N-dealkylation sites (tertiary alicyclic amines) is 1. The number of carbonyl (C=O) groups is 4. The molecule has 0 saturated carbocycles. The Morgan fingerprint density at radius 2 is 1.67 bits per heavy atom. The summed E-state index contributed by atoms with van der Waals surface area (Å²) < 4.78 is 22.7. The van der Waals surface area contributed by atoms with Gasteiger partial charge in [0.1, 0.15) is 41.8 Å². The second kappa shape index (κ2) is 23.0. The third-order valence-electron chi connectivity index (χ3n) is 11.6. The highest BCUT2D eigenvalue weighted by Gasteiger charge is 2.50. The summed E-state index contributed by atoms with van der Waals surface area (Å²) >= 11 is 7.40. The van der Waals surface area contributed by atoms with E-state index >= 15 is 0 Å². The van der Waals surface area contributed by atoms with Crippen molar-refractivity contribution >= 4 is 63.7 Å². The van der Waals surface area contributed by atoms with E-state index in [1.165, 1.54) is 12.0 Å². The molecule has 2 atom stereocenters. The van der Waals surface area contributed by atoms with Crippen molar-refractivity contribution in [1.82, 2.24) is 20.5 Å². The molecule has 2 fully saturated rings. The number of hydrogen-bond acceptors (Lipinski definition) is 12. The first kappa shape index (κ1) is 49.5. The van der Waals surface area contributed by atoms with E-state index < -0.39 is 17.6 Å². The zero-order chi connectivity index (χ0) is 47.4. The highest BCUT2D eigenvalue weighted by atomic mass is 32.1. The summed E-state index contributed by atoms with van der Waals surface area (Å²) in [5.41, 5.74) is 5.53. The van der Waals surface area contributed by atoms with Crippen molar-refractivity contribution in [2.24, 2.45) is 5.92 Å². The Labute approximate surface area is 396 Å². The van der Waals surface area contributed by atoms with Crippen molar-refractivity contribution in [3.8, 4) is 28.0 Å². The molecule has 3 aromatic carbocycles. The fourth-order valence-electron chi connectivity index (χ4n) is 7.96. The lowest BCUT2D eigenvalue weighted by atomic mass is 10.0. The zero-order valence-electron chi connectivity index (χ0n) is 38.5. The molecule has 2 N–H and O–H groups in total. The van der Waals surface area contributed by atoms with Crippen LogP contribution in [0.15, 0.2) is 72.2 Å². The number of aryl methyl sites for hydroxylation is 1. The van der Waals surface area contributed by atoms with E-state index in [-0.39, 0.29) is 36.2 Å². The molecule has 0 spiro atoms. The van der Waals surface area contributed by atoms with Gasteiger partial charge in [-0.3, -0.25) is 24.1 Å². The summed E-state index contributed by atoms with van der Waals surface area (Å²) in [7, 11) is 1.48. The molecule has 4 aromatic rings. The number of nitrogens with one attached hydrogen (secondary N) is 2. The Kier molecular flexibility index (Phi) is 17.2. The molecule has 6 rings (SSSR count). The van der Waals surface area contributed by atoms with Gasteiger partial charge in [0.15, 0.2) is 5.11 Å². The maximum Gasteiger partial charge on any atom is 0.259 e. The Morgan fingerprint density at radius 3 is 2.35 bits per heavy atom. The van der Waals surface area contributed by atoms with E-state index in [1.807, 2.05) is 93.6 Å². The van der Waals surface area contributed by atoms with E-state index in [4.69, 9.17) is 31.2 Å². The van der Waals surface area contributed by atoms with Gasteiger partial charge >= 0.3 is 0 Å². The number of hydrogen-bond donors (Lipinski definition) is 2. The second-order valence-corrected chi connectivity index (χ2v) is 18.3. The van der Waals surface area contributed by atoms with Gasteiger partial charge in [0, 0.05) is 44.7 Å². The number of anilines is 2. The molecule has 4 amide bonds. The molecule has 0 radical (unpaired) electrons. The molecular formula is C49H59N7O8S2. The van der Waals surface area contributed by atoms with Crippen molar-refractivity contribution < 1.29 is 38.1 Å². The number of ether oxygens (including phenoxy) is 4. The number of thiazole rings is 1. The lowest BCUT2D eigenvalue weighted by Crippen LogP contribution is -2.55. The summed E-state index contributed by atoms with van der Waals surface area (Å²) in [5, 5.41) is 15.5. The van der Waals surface area contributed by atoms with Crippen molar-refractivity contribution in [1.29, 1.82) is 5.26 Å². The van der Waals surface area contributed by atoms with E-state index in [0.29, 0.717) is 86.6 Å². The van der Waals surface area contributed by atoms with Gasteiger partial charge in [-0.15, -0.1) is 11.3 Å². The Bertz CT molecular complexity index is 2380. The maximum absolute atomic E-state index is 13.7. The third-order valence-corrected chi connectivity index (χ3v) is 12.9. The predicted octanol–water partition coefficient (Wildman–Crippen LogP) is 6.95. The Balaban J connectivity index is 0.836. The van der Waals surface area contributed by atoms with Gasteiger partial charge in [0.25, 0.3) is 5.91 Å². The molecule has 15 nitrogen and oxygen atoms in total. The first-order chi connectivity index (χ1) is 31.7. The smallest absolute Gasteiger partial charge is 0.259 e. The molecule has 66 heavy (non-hydrogen) atoms. The molecule has 0 aliphatic carbocycles. The summed E-state index contributed by atoms with van der Waals surface area (Å²) in [6.45, 7) is 11.8. The first-order valence-electron chi connectivity index (χ1n) is 22.3. The molecule has 2 aliphatic rings. The van der Waals surface area contributed by atoms with Crippen LogP contribution in [0.1, 0.15) is 76.6 Å². The van der Waals surface area contributed by atoms with E-state index in [9.17, 15) is 24.4 Å². The van der Waals surface area contributed by atoms with Crippen LogP contribution in [-0.2, 0) is 35.2 Å². The lowest BCUT2D eigenvalue weighted by molar-refractivity contribution is -0.143. The minimum Gasteiger partial charge on any atom is -0.495 e. The average molecular weight is 938 g/mol. The number of unbranched alkanes of at least 4 members (excludes halogenated alkanes) is 1. The Hall–Kier alpha value is -5.93. The third kappa shape index (κ3) is 11.9. The topological polar surface area (TPSA) is 176 Å². The number of methoxy groups -OCH3 is 1. The monoisotopic (exact) mass is 937 g/mol. The fraction of sp³-hybridized carbons (Fsp3) is 0.449. The van der Waals surface area contributed by atoms with Crippen LogP contribution in [0.2, 0.25) is 0 Å². The number of amides is 4. The highest BCUT2D eigenvalue weighted by molar-refractivity contribution is 7.81. The molecule has 2 aliphatic heterocycles. The highest BCUT2D eigenvalue weighted by Crippen LogP contribution is 2.38. The van der Waals surface area contributed by atoms with Gasteiger partial charge in [0.05, 0.1) is 41.0 Å². The van der Waals surface area contributed by atoms with Crippen LogP contribution in [0.4, 0.5) is 11.4 Å². The van der Waals surface area contributed by atoms with Gasteiger partial charge in [-0.05, 0) is 119 Å². The van der Waals surface area contributed by atoms with Gasteiger partial charge in [-0.25, -0.2) is 4.98 Å². The minimum atomic E-state index is -0.959. The van der Waals surface area contributed by atoms with E-state index in [2.05, 4.69) is 21.7 Å². The molecule has 3 heterocycles. The molecule has 1 unspecified atom stereocenters. The van der Waals surface area contributed by atoms with Crippen LogP contribution >= 0.6 is 23.6 Å². The number of nitriles is 1. The van der Waals surface area contributed by atoms with Gasteiger partial charge in [0.2, 0.25) is 17.7 Å². The summed E-state index contributed by atoms with van der Waals surface area (Å²) in [6.07, 6.45) is 3.45. The van der Waals surface area contributed by atoms with Crippen molar-refractivity contribution in [2.45, 2.75) is 90.9 Å². The number of thiocarbonyl (C=S) groups is 1. The van der Waals surface area contributed by atoms with Crippen LogP contribution in [0.5, 0.6) is 11.5 Å². The lowest BCUT2D eigenvalue weighted by Gasteiger charge is -2.30. The largest absolute Gasteiger partial charge is 0.495 e. The molecular weight excluding hydrogens is 879 g/mol. The van der Waals surface area contributed by atoms with Gasteiger partial charge < -0.3 is 39.4 Å². The molecule has 350 valence electrons. The molecule has 1 aromatic heterocycles. The number of benzene rings is 3. The summed E-state index contributed by atoms with van der Waals surface area (Å²) in [4.78, 5) is 63.8. The van der Waals surface area contributed by atoms with Crippen molar-refractivity contribution in [2.75, 3.05) is 56.5 Å². The number of rotatable bonds is 22. The number of aromatic nitrogens is 1. The Morgan fingerprint density at radius 1 is 0.970 bits per heavy atom. The summed E-state index contributed by atoms with van der Waals surface area (Å²) in [5.74, 6) is -0.193. The van der Waals surface area contributed by atoms with Crippen LogP contribution in [0.3, 0.4) is 0 Å². The van der Waals surface area contributed by atoms with E-state index in [0.717, 1.165) is 40.2 Å². The average Bonchev–Trinajstić information content (AvgIpc) is 4.03. The molecule has 0 bridgehead atoms. The standard InChI is InChI=1S/C49H59N7O8S2/c1-32(2)43(46(59)54-22-9-11-40(54)45(58)51-29-34-12-14-35(15-13-34)44-33(3)52-31-66-44)53-42(57)30-63-25-10-24-62-23-7-8-26-64-39-20-18-37(19-21-39)56-48(65)55(47(60)49(56,4)5)38-17-16-36(28-50)41(27-38)61-6/h12-21,27,31-32,40,43H,7-11,22-26,29-30H2,1-6H3,(H,51,58)(H,53,57)/t40-,43?/m0/s1. The van der Waals surface area contributed by atoms with Gasteiger partial charge in [-0.1, -0.05) is 38.1 Å². The van der Waals surface area contributed by atoms with E-state index in [1.54, 1.807) is 34.4 Å². The number of carbonyl (C=O) groups excluding carboxylic acids is 4. The van der Waals surface area contributed by atoms with Crippen molar-refractivity contribution in [3.05, 3.63) is 89.1 Å². The van der Waals surface area contributed by atoms with Gasteiger partial charge in [-0.2, -0.15) is 5.26 Å². The quantitative estimate of drug-likeness (QED) is 0.0614. The van der Waals surface area contributed by atoms with Crippen LogP contribution in [0.25, 0.3) is 10.4 Å². The SMILES string of the molecule is COc1cc(N2C(=O)C(C)(C)N(c3ccc(OCCCCOCCCOCC(=O)NC(C(=O)N4CCC[C@H]4C(=O)NCc4ccc(-c5scnc5C)cc4)C(C)C)cc3)C2=S)ccc1C#N. The van der Waals surface area contributed by atoms with Crippen LogP contribution in [0, 0.1) is 24.2 Å². The molecule has 2 saturated heterocycles. The second-order valence-electron chi connectivity index (χ2n) is 17.0. The van der Waals surface area contributed by atoms with Crippen LogP contribution in [-0.4, -0.2) is 103 Å². The maximum atomic E-state index is 13.7. The summed E-state index contributed by atoms with van der Waals surface area (Å²) in [6, 6.07) is 21.1. The van der Waals surface area contributed by atoms with Crippen molar-refractivity contribution in [3.63, 3.8) is 0 Å². The van der Waals surface area contributed by atoms with Crippen LogP contribution < -0.4 is 29.9 Å².